The zero-order valence-corrected chi connectivity index (χ0v) is 15.6. The first kappa shape index (κ1) is 18.0. The van der Waals surface area contributed by atoms with E-state index in [-0.39, 0.29) is 6.54 Å². The molecule has 0 aliphatic carbocycles. The predicted molar refractivity (Wildman–Crippen MR) is 103 cm³/mol. The molecule has 1 fully saturated rings. The smallest absolute Gasteiger partial charge is 0.294 e. The number of hydrogen-bond donors (Lipinski definition) is 1. The second-order valence-electron chi connectivity index (χ2n) is 6.13. The van der Waals surface area contributed by atoms with Crippen LogP contribution in [0.3, 0.4) is 0 Å². The number of nitrogens with one attached hydrogen (secondary N) is 1. The molecule has 1 aliphatic heterocycles. The highest BCUT2D eigenvalue weighted by Gasteiger charge is 2.36. The van der Waals surface area contributed by atoms with Gasteiger partial charge in [0.05, 0.1) is 4.91 Å². The van der Waals surface area contributed by atoms with Crippen LogP contribution in [0.2, 0.25) is 0 Å². The number of anilines is 1. The van der Waals surface area contributed by atoms with Gasteiger partial charge in [0.15, 0.2) is 0 Å². The molecule has 6 nitrogen and oxygen atoms in total. The minimum absolute atomic E-state index is 0.303. The molecule has 0 atom stereocenters. The van der Waals surface area contributed by atoms with Gasteiger partial charge in [0.1, 0.15) is 6.54 Å². The van der Waals surface area contributed by atoms with Crippen molar-refractivity contribution >= 4 is 40.6 Å². The van der Waals surface area contributed by atoms with Crippen LogP contribution < -0.4 is 5.32 Å². The zero-order valence-electron chi connectivity index (χ0n) is 14.8. The van der Waals surface area contributed by atoms with Crippen LogP contribution in [0.4, 0.5) is 10.5 Å². The summed E-state index contributed by atoms with van der Waals surface area (Å²) < 4.78 is 1.85. The van der Waals surface area contributed by atoms with Crippen molar-refractivity contribution in [3.8, 4) is 0 Å². The maximum absolute atomic E-state index is 12.5. The molecule has 26 heavy (non-hydrogen) atoms. The van der Waals surface area contributed by atoms with E-state index in [2.05, 4.69) is 5.32 Å². The van der Waals surface area contributed by atoms with E-state index in [1.165, 1.54) is 0 Å². The van der Waals surface area contributed by atoms with Gasteiger partial charge >= 0.3 is 0 Å². The number of carbonyl (C=O) groups excluding carboxylic acids is 3. The number of carbonyl (C=O) groups is 3. The van der Waals surface area contributed by atoms with Gasteiger partial charge in [-0.05, 0) is 54.9 Å². The van der Waals surface area contributed by atoms with E-state index in [0.29, 0.717) is 10.6 Å². The number of nitrogens with zero attached hydrogens (tertiary/aromatic N) is 2. The molecule has 2 heterocycles. The van der Waals surface area contributed by atoms with Gasteiger partial charge in [-0.1, -0.05) is 18.2 Å². The lowest BCUT2D eigenvalue weighted by Gasteiger charge is -2.15. The van der Waals surface area contributed by atoms with Crippen LogP contribution in [0.15, 0.2) is 41.4 Å². The average molecular weight is 369 g/mol. The van der Waals surface area contributed by atoms with Gasteiger partial charge in [-0.15, -0.1) is 0 Å². The third kappa shape index (κ3) is 3.57. The van der Waals surface area contributed by atoms with Crippen molar-refractivity contribution < 1.29 is 14.4 Å². The lowest BCUT2D eigenvalue weighted by Crippen LogP contribution is -2.36. The van der Waals surface area contributed by atoms with Gasteiger partial charge in [-0.3, -0.25) is 19.3 Å². The summed E-state index contributed by atoms with van der Waals surface area (Å²) in [5.74, 6) is -0.845. The number of benzene rings is 1. The second kappa shape index (κ2) is 7.21. The van der Waals surface area contributed by atoms with Crippen molar-refractivity contribution in [2.75, 3.05) is 11.9 Å². The van der Waals surface area contributed by atoms with Crippen molar-refractivity contribution in [3.05, 3.63) is 58.3 Å². The number of aromatic nitrogens is 1. The molecule has 1 aromatic heterocycles. The highest BCUT2D eigenvalue weighted by atomic mass is 32.2. The second-order valence-corrected chi connectivity index (χ2v) is 7.12. The number of amides is 3. The number of aryl methyl sites for hydroxylation is 3. The first-order valence-electron chi connectivity index (χ1n) is 8.09. The van der Waals surface area contributed by atoms with Crippen molar-refractivity contribution in [1.82, 2.24) is 9.47 Å². The predicted octanol–water partition coefficient (Wildman–Crippen LogP) is 3.32. The molecule has 134 valence electrons. The van der Waals surface area contributed by atoms with Crippen LogP contribution >= 0.6 is 11.8 Å². The fourth-order valence-electron chi connectivity index (χ4n) is 2.73. The monoisotopic (exact) mass is 369 g/mol. The van der Waals surface area contributed by atoms with Crippen LogP contribution in [0.25, 0.3) is 6.08 Å². The fraction of sp³-hybridized carbons (Fsp3) is 0.211. The maximum Gasteiger partial charge on any atom is 0.294 e. The minimum atomic E-state index is -0.446. The van der Waals surface area contributed by atoms with E-state index < -0.39 is 17.1 Å². The molecule has 3 amide bonds. The normalized spacial score (nSPS) is 15.8. The van der Waals surface area contributed by atoms with Gasteiger partial charge in [0, 0.05) is 24.6 Å². The standard InChI is InChI=1S/C19H19N3O3S/c1-12-6-4-7-13(2)17(12)20-16(23)11-22-18(24)15(26-19(22)25)10-14-8-5-9-21(14)3/h4-10H,11H2,1-3H3,(H,20,23). The van der Waals surface area contributed by atoms with Crippen LogP contribution in [-0.2, 0) is 16.6 Å². The van der Waals surface area contributed by atoms with Crippen LogP contribution in [0.1, 0.15) is 16.8 Å². The Hall–Kier alpha value is -2.80. The first-order chi connectivity index (χ1) is 12.4. The first-order valence-corrected chi connectivity index (χ1v) is 8.91. The molecule has 0 spiro atoms. The Morgan fingerprint density at radius 1 is 1.15 bits per heavy atom. The summed E-state index contributed by atoms with van der Waals surface area (Å²) in [7, 11) is 1.86. The topological polar surface area (TPSA) is 71.4 Å². The van der Waals surface area contributed by atoms with Gasteiger partial charge in [-0.25, -0.2) is 0 Å². The molecule has 3 rings (SSSR count). The molecular weight excluding hydrogens is 350 g/mol. The summed E-state index contributed by atoms with van der Waals surface area (Å²) in [6.45, 7) is 3.49. The number of hydrogen-bond acceptors (Lipinski definition) is 4. The lowest BCUT2D eigenvalue weighted by atomic mass is 10.1. The molecule has 0 unspecified atom stereocenters. The Bertz CT molecular complexity index is 910. The van der Waals surface area contributed by atoms with Crippen LogP contribution in [-0.4, -0.2) is 33.1 Å². The third-order valence-corrected chi connectivity index (χ3v) is 5.09. The number of rotatable bonds is 4. The maximum atomic E-state index is 12.5. The quantitative estimate of drug-likeness (QED) is 0.840. The van der Waals surface area contributed by atoms with Crippen molar-refractivity contribution in [3.63, 3.8) is 0 Å². The van der Waals surface area contributed by atoms with Gasteiger partial charge in [-0.2, -0.15) is 0 Å². The largest absolute Gasteiger partial charge is 0.351 e. The van der Waals surface area contributed by atoms with E-state index in [0.717, 1.165) is 33.5 Å². The Kier molecular flexibility index (Phi) is 4.99. The summed E-state index contributed by atoms with van der Waals surface area (Å²) in [5.41, 5.74) is 3.38. The highest BCUT2D eigenvalue weighted by Crippen LogP contribution is 2.32. The SMILES string of the molecule is Cc1cccc(C)c1NC(=O)CN1C(=O)SC(=Cc2cccn2C)C1=O. The molecule has 0 radical (unpaired) electrons. The summed E-state index contributed by atoms with van der Waals surface area (Å²) in [6.07, 6.45) is 3.52. The van der Waals surface area contributed by atoms with Gasteiger partial charge in [0.25, 0.3) is 11.1 Å². The fourth-order valence-corrected chi connectivity index (χ4v) is 3.55. The van der Waals surface area contributed by atoms with E-state index >= 15 is 0 Å². The molecule has 1 N–H and O–H groups in total. The molecule has 0 bridgehead atoms. The van der Waals surface area contributed by atoms with E-state index in [1.54, 1.807) is 6.08 Å². The average Bonchev–Trinajstić information content (AvgIpc) is 3.10. The van der Waals surface area contributed by atoms with Crippen molar-refractivity contribution in [1.29, 1.82) is 0 Å². The van der Waals surface area contributed by atoms with Crippen molar-refractivity contribution in [2.24, 2.45) is 7.05 Å². The molecule has 1 aromatic carbocycles. The van der Waals surface area contributed by atoms with Crippen molar-refractivity contribution in [2.45, 2.75) is 13.8 Å². The molecule has 0 saturated carbocycles. The lowest BCUT2D eigenvalue weighted by molar-refractivity contribution is -0.127. The number of thioether (sulfide) groups is 1. The Morgan fingerprint density at radius 3 is 2.46 bits per heavy atom. The molecule has 7 heteroatoms. The van der Waals surface area contributed by atoms with Crippen LogP contribution in [0.5, 0.6) is 0 Å². The molecular formula is C19H19N3O3S. The summed E-state index contributed by atoms with van der Waals surface area (Å²) >= 11 is 0.849. The van der Waals surface area contributed by atoms with Gasteiger partial charge < -0.3 is 9.88 Å². The summed E-state index contributed by atoms with van der Waals surface area (Å²) in [6, 6.07) is 9.40. The molecule has 1 aliphatic rings. The summed E-state index contributed by atoms with van der Waals surface area (Å²) in [5, 5.41) is 2.36. The number of imide groups is 1. The highest BCUT2D eigenvalue weighted by molar-refractivity contribution is 8.18. The Morgan fingerprint density at radius 2 is 1.85 bits per heavy atom. The molecule has 1 saturated heterocycles. The number of para-hydroxylation sites is 1. The Balaban J connectivity index is 1.73. The zero-order chi connectivity index (χ0) is 18.8. The van der Waals surface area contributed by atoms with Crippen LogP contribution in [0, 0.1) is 13.8 Å². The van der Waals surface area contributed by atoms with E-state index in [4.69, 9.17) is 0 Å². The minimum Gasteiger partial charge on any atom is -0.351 e. The van der Waals surface area contributed by atoms with E-state index in [1.807, 2.05) is 62.0 Å². The third-order valence-electron chi connectivity index (χ3n) is 4.18. The van der Waals surface area contributed by atoms with E-state index in [9.17, 15) is 14.4 Å². The molecule has 2 aromatic rings. The summed E-state index contributed by atoms with van der Waals surface area (Å²) in [4.78, 5) is 38.3. The Labute approximate surface area is 155 Å². The van der Waals surface area contributed by atoms with Gasteiger partial charge in [0.2, 0.25) is 5.91 Å².